The zero-order chi connectivity index (χ0) is 19.5. The fraction of sp³-hybridized carbons (Fsp3) is 0. The van der Waals surface area contributed by atoms with Crippen LogP contribution in [0, 0.1) is 0 Å². The number of phenols is 3. The van der Waals surface area contributed by atoms with Gasteiger partial charge in [0, 0.05) is 23.7 Å². The monoisotopic (exact) mass is 276 g/mol. The molecule has 0 aliphatic carbocycles. The molecule has 0 saturated heterocycles. The van der Waals surface area contributed by atoms with Crippen molar-refractivity contribution in [3.05, 3.63) is 52.5 Å². The molecule has 3 aromatic rings. The Balaban J connectivity index is 2.49. The van der Waals surface area contributed by atoms with E-state index in [1.54, 1.807) is 0 Å². The van der Waals surface area contributed by atoms with Crippen molar-refractivity contribution in [1.29, 1.82) is 0 Å². The molecule has 0 radical (unpaired) electrons. The van der Waals surface area contributed by atoms with E-state index >= 15 is 0 Å². The third kappa shape index (κ3) is 1.95. The Kier molecular flexibility index (Phi) is 1.51. The van der Waals surface area contributed by atoms with Gasteiger partial charge in [0.25, 0.3) is 0 Å². The zero-order valence-corrected chi connectivity index (χ0v) is 9.74. The van der Waals surface area contributed by atoms with Gasteiger partial charge in [-0.1, -0.05) is 0 Å². The summed E-state index contributed by atoms with van der Waals surface area (Å²) in [5.74, 6) is -3.15. The number of rotatable bonds is 1. The predicted molar refractivity (Wildman–Crippen MR) is 72.9 cm³/mol. The number of benzene rings is 2. The quantitative estimate of drug-likeness (QED) is 0.635. The summed E-state index contributed by atoms with van der Waals surface area (Å²) in [4.78, 5) is 12.3. The highest BCUT2D eigenvalue weighted by molar-refractivity contribution is 5.85. The second-order valence-corrected chi connectivity index (χ2v) is 3.85. The molecule has 0 fully saturated rings. The minimum absolute atomic E-state index is 0.440. The van der Waals surface area contributed by atoms with Gasteiger partial charge in [0.2, 0.25) is 0 Å². The van der Waals surface area contributed by atoms with Gasteiger partial charge in [-0.3, -0.25) is 4.79 Å². The molecule has 0 spiro atoms. The first-order valence-electron chi connectivity index (χ1n) is 8.36. The second kappa shape index (κ2) is 4.31. The lowest BCUT2D eigenvalue weighted by atomic mass is 10.1. The highest BCUT2D eigenvalue weighted by atomic mass is 16.3. The van der Waals surface area contributed by atoms with Gasteiger partial charge < -0.3 is 19.7 Å². The minimum Gasteiger partial charge on any atom is -0.508 e. The summed E-state index contributed by atoms with van der Waals surface area (Å²) in [6.07, 6.45) is 0. The van der Waals surface area contributed by atoms with Gasteiger partial charge in [0.15, 0.2) is 5.43 Å². The molecule has 0 unspecified atom stereocenters. The van der Waals surface area contributed by atoms with Crippen LogP contribution in [0.15, 0.2) is 51.5 Å². The van der Waals surface area contributed by atoms with Crippen molar-refractivity contribution in [3.63, 3.8) is 0 Å². The Labute approximate surface area is 121 Å². The average Bonchev–Trinajstić information content (AvgIpc) is 2.61. The number of aromatic hydroxyl groups is 3. The molecule has 1 heterocycles. The minimum atomic E-state index is -0.930. The van der Waals surface area contributed by atoms with Gasteiger partial charge in [-0.2, -0.15) is 0 Å². The Morgan fingerprint density at radius 1 is 1.00 bits per heavy atom. The fourth-order valence-corrected chi connectivity index (χ4v) is 1.67. The number of hydrogen-bond donors (Lipinski definition) is 3. The van der Waals surface area contributed by atoms with Crippen LogP contribution in [0.3, 0.4) is 0 Å². The van der Waals surface area contributed by atoms with E-state index in [0.29, 0.717) is 0 Å². The van der Waals surface area contributed by atoms with Crippen molar-refractivity contribution >= 4 is 11.0 Å². The smallest absolute Gasteiger partial charge is 0.197 e. The van der Waals surface area contributed by atoms with Gasteiger partial charge >= 0.3 is 0 Å². The third-order valence-corrected chi connectivity index (χ3v) is 2.51. The van der Waals surface area contributed by atoms with Gasteiger partial charge in [-0.15, -0.1) is 0 Å². The van der Waals surface area contributed by atoms with Crippen LogP contribution in [0.2, 0.25) is 0 Å². The molecule has 100 valence electrons. The maximum absolute atomic E-state index is 12.3. The topological polar surface area (TPSA) is 90.9 Å². The third-order valence-electron chi connectivity index (χ3n) is 2.51. The first-order chi connectivity index (χ1) is 12.1. The van der Waals surface area contributed by atoms with E-state index in [1.807, 2.05) is 0 Å². The van der Waals surface area contributed by atoms with E-state index in [-0.39, 0.29) is 0 Å². The molecule has 3 rings (SSSR count). The van der Waals surface area contributed by atoms with Crippen molar-refractivity contribution in [3.8, 4) is 28.6 Å². The molecule has 20 heavy (non-hydrogen) atoms. The zero-order valence-electron chi connectivity index (χ0n) is 15.7. The normalized spacial score (nSPS) is 15.0. The largest absolute Gasteiger partial charge is 0.508 e. The number of fused-ring (bicyclic) bond motifs is 1. The van der Waals surface area contributed by atoms with E-state index in [1.165, 1.54) is 0 Å². The number of phenolic OH excluding ortho intramolecular Hbond substituents is 3. The summed E-state index contributed by atoms with van der Waals surface area (Å²) in [7, 11) is 0. The van der Waals surface area contributed by atoms with E-state index in [0.717, 1.165) is 6.07 Å². The van der Waals surface area contributed by atoms with Gasteiger partial charge in [0.05, 0.1) is 8.22 Å². The lowest BCUT2D eigenvalue weighted by Crippen LogP contribution is -2.00. The number of hydrogen-bond acceptors (Lipinski definition) is 5. The fourth-order valence-electron chi connectivity index (χ4n) is 1.67. The molecular formula is C15H10O5. The van der Waals surface area contributed by atoms with E-state index in [9.17, 15) is 20.1 Å². The van der Waals surface area contributed by atoms with Crippen LogP contribution in [0.5, 0.6) is 17.2 Å². The standard InChI is InChI=1S/C15H10O5/c16-9-3-1-8(2-4-9)13-7-12(19)15-11(18)5-10(17)6-14(15)20-13/h1-7,16-18H/i1D,2D,3D,4D,5D,6D. The van der Waals surface area contributed by atoms with Crippen molar-refractivity contribution < 1.29 is 28.0 Å². The van der Waals surface area contributed by atoms with E-state index < -0.39 is 81.2 Å². The highest BCUT2D eigenvalue weighted by Crippen LogP contribution is 2.30. The molecule has 1 aromatic heterocycles. The molecule has 0 saturated carbocycles. The summed E-state index contributed by atoms with van der Waals surface area (Å²) in [5, 5.41) is 28.6. The molecular weight excluding hydrogens is 260 g/mol. The van der Waals surface area contributed by atoms with Crippen molar-refractivity contribution in [1.82, 2.24) is 0 Å². The average molecular weight is 276 g/mol. The molecule has 0 bridgehead atoms. The molecule has 5 heteroatoms. The lowest BCUT2D eigenvalue weighted by Gasteiger charge is -2.05. The van der Waals surface area contributed by atoms with Crippen LogP contribution in [-0.2, 0) is 0 Å². The van der Waals surface area contributed by atoms with Gasteiger partial charge in [0.1, 0.15) is 34.0 Å². The van der Waals surface area contributed by atoms with Crippen molar-refractivity contribution in [2.75, 3.05) is 0 Å². The van der Waals surface area contributed by atoms with Crippen LogP contribution in [0.4, 0.5) is 0 Å². The van der Waals surface area contributed by atoms with E-state index in [2.05, 4.69) is 0 Å². The summed E-state index contributed by atoms with van der Waals surface area (Å²) in [6, 6.07) is -3.65. The van der Waals surface area contributed by atoms with Crippen LogP contribution in [0.25, 0.3) is 22.3 Å². The van der Waals surface area contributed by atoms with E-state index in [4.69, 9.17) is 12.6 Å². The molecule has 3 N–H and O–H groups in total. The first-order valence-corrected chi connectivity index (χ1v) is 5.36. The molecule has 0 atom stereocenters. The predicted octanol–water partition coefficient (Wildman–Crippen LogP) is 2.58. The van der Waals surface area contributed by atoms with Gasteiger partial charge in [-0.05, 0) is 24.2 Å². The van der Waals surface area contributed by atoms with Crippen LogP contribution in [0.1, 0.15) is 8.22 Å². The summed E-state index contributed by atoms with van der Waals surface area (Å²) in [5.41, 5.74) is -1.93. The van der Waals surface area contributed by atoms with Crippen LogP contribution < -0.4 is 5.43 Å². The maximum atomic E-state index is 12.3. The highest BCUT2D eigenvalue weighted by Gasteiger charge is 2.11. The SMILES string of the molecule is [2H]c1c([2H])c(-c2cc(=O)c3c(O)c([2H])c(O)c([2H])c3o2)c([2H])c([2H])c1O. The van der Waals surface area contributed by atoms with Gasteiger partial charge in [-0.25, -0.2) is 0 Å². The Hall–Kier alpha value is -2.95. The summed E-state index contributed by atoms with van der Waals surface area (Å²) < 4.78 is 51.6. The first kappa shape index (κ1) is 7.00. The van der Waals surface area contributed by atoms with Crippen molar-refractivity contribution in [2.24, 2.45) is 0 Å². The van der Waals surface area contributed by atoms with Crippen LogP contribution in [-0.4, -0.2) is 15.3 Å². The molecule has 0 amide bonds. The Morgan fingerprint density at radius 3 is 2.40 bits per heavy atom. The van der Waals surface area contributed by atoms with Crippen LogP contribution >= 0.6 is 0 Å². The second-order valence-electron chi connectivity index (χ2n) is 3.85. The molecule has 5 nitrogen and oxygen atoms in total. The molecule has 0 aliphatic heterocycles. The molecule has 0 aliphatic rings. The Bertz CT molecular complexity index is 1130. The molecule has 2 aromatic carbocycles. The summed E-state index contributed by atoms with van der Waals surface area (Å²) in [6.45, 7) is 0. The maximum Gasteiger partial charge on any atom is 0.197 e. The lowest BCUT2D eigenvalue weighted by molar-refractivity contribution is 0.452. The summed E-state index contributed by atoms with van der Waals surface area (Å²) >= 11 is 0. The Morgan fingerprint density at radius 2 is 1.70 bits per heavy atom. The van der Waals surface area contributed by atoms with Crippen molar-refractivity contribution in [2.45, 2.75) is 0 Å².